The fraction of sp³-hybridized carbons (Fsp3) is 0.0625. The van der Waals surface area contributed by atoms with E-state index in [0.29, 0.717) is 27.5 Å². The molecule has 9 heteroatoms. The lowest BCUT2D eigenvalue weighted by Gasteiger charge is -2.08. The van der Waals surface area contributed by atoms with E-state index in [-0.39, 0.29) is 11.5 Å². The van der Waals surface area contributed by atoms with Crippen molar-refractivity contribution in [3.8, 4) is 11.1 Å². The zero-order valence-corrected chi connectivity index (χ0v) is 13.5. The van der Waals surface area contributed by atoms with Crippen LogP contribution < -0.4 is 10.9 Å². The second-order valence-corrected chi connectivity index (χ2v) is 5.59. The molecule has 3 rings (SSSR count). The van der Waals surface area contributed by atoms with E-state index in [1.54, 1.807) is 30.3 Å². The number of hydrogen-bond acceptors (Lipinski definition) is 5. The number of halogens is 2. The number of carbonyl (C=O) groups is 1. The Bertz CT molecular complexity index is 898. The molecule has 1 heterocycles. The van der Waals surface area contributed by atoms with Gasteiger partial charge in [0.15, 0.2) is 5.69 Å². The predicted molar refractivity (Wildman–Crippen MR) is 88.4 cm³/mol. The summed E-state index contributed by atoms with van der Waals surface area (Å²) < 4.78 is 13.9. The quantitative estimate of drug-likeness (QED) is 0.479. The predicted octanol–water partition coefficient (Wildman–Crippen LogP) is 2.41. The number of rotatable bonds is 5. The minimum absolute atomic E-state index is 0.0261. The molecule has 0 aliphatic heterocycles. The van der Waals surface area contributed by atoms with Crippen molar-refractivity contribution >= 4 is 17.5 Å². The van der Waals surface area contributed by atoms with Gasteiger partial charge in [0.05, 0.1) is 6.20 Å². The SMILES string of the molecule is O=C(NNCc1ccc(-c2cc(Cl)ccc2F)cc1)c1cn(O)nn1. The van der Waals surface area contributed by atoms with E-state index in [9.17, 15) is 9.18 Å². The summed E-state index contributed by atoms with van der Waals surface area (Å²) in [7, 11) is 0. The lowest BCUT2D eigenvalue weighted by atomic mass is 10.0. The Morgan fingerprint density at radius 2 is 2.00 bits per heavy atom. The molecule has 0 saturated heterocycles. The molecule has 0 atom stereocenters. The molecule has 3 N–H and O–H groups in total. The molecule has 0 fully saturated rings. The lowest BCUT2D eigenvalue weighted by molar-refractivity contribution is 0.0926. The van der Waals surface area contributed by atoms with Crippen molar-refractivity contribution in [2.24, 2.45) is 0 Å². The third-order valence-corrected chi connectivity index (χ3v) is 3.64. The van der Waals surface area contributed by atoms with Crippen molar-refractivity contribution in [1.82, 2.24) is 26.0 Å². The Hall–Kier alpha value is -2.97. The van der Waals surface area contributed by atoms with Crippen molar-refractivity contribution in [3.05, 3.63) is 70.8 Å². The summed E-state index contributed by atoms with van der Waals surface area (Å²) in [6.07, 6.45) is 1.07. The first-order valence-corrected chi connectivity index (χ1v) is 7.60. The van der Waals surface area contributed by atoms with Gasteiger partial charge in [-0.1, -0.05) is 40.7 Å². The smallest absolute Gasteiger partial charge is 0.287 e. The van der Waals surface area contributed by atoms with Gasteiger partial charge in [-0.25, -0.2) is 9.82 Å². The first-order chi connectivity index (χ1) is 12.0. The number of benzene rings is 2. The molecule has 25 heavy (non-hydrogen) atoms. The third-order valence-electron chi connectivity index (χ3n) is 3.40. The number of amides is 1. The molecular weight excluding hydrogens is 349 g/mol. The molecule has 0 radical (unpaired) electrons. The summed E-state index contributed by atoms with van der Waals surface area (Å²) in [6, 6.07) is 11.5. The van der Waals surface area contributed by atoms with Gasteiger partial charge < -0.3 is 5.21 Å². The largest absolute Gasteiger partial charge is 0.410 e. The average Bonchev–Trinajstić information content (AvgIpc) is 3.04. The maximum Gasteiger partial charge on any atom is 0.287 e. The van der Waals surface area contributed by atoms with Gasteiger partial charge in [0, 0.05) is 17.1 Å². The molecular formula is C16H13ClFN5O2. The summed E-state index contributed by atoms with van der Waals surface area (Å²) in [5, 5.41) is 16.1. The average molecular weight is 362 g/mol. The van der Waals surface area contributed by atoms with Crippen LogP contribution in [0.3, 0.4) is 0 Å². The van der Waals surface area contributed by atoms with E-state index in [4.69, 9.17) is 16.8 Å². The topological polar surface area (TPSA) is 92.1 Å². The maximum absolute atomic E-state index is 13.9. The highest BCUT2D eigenvalue weighted by atomic mass is 35.5. The molecule has 1 aromatic heterocycles. The molecule has 3 aromatic rings. The first-order valence-electron chi connectivity index (χ1n) is 7.22. The molecule has 1 amide bonds. The molecule has 0 bridgehead atoms. The van der Waals surface area contributed by atoms with E-state index in [1.165, 1.54) is 12.1 Å². The van der Waals surface area contributed by atoms with Gasteiger partial charge in [-0.3, -0.25) is 10.2 Å². The van der Waals surface area contributed by atoms with Crippen molar-refractivity contribution in [1.29, 1.82) is 0 Å². The van der Waals surface area contributed by atoms with E-state index >= 15 is 0 Å². The molecule has 0 unspecified atom stereocenters. The number of aromatic nitrogens is 3. The molecule has 0 spiro atoms. The van der Waals surface area contributed by atoms with Crippen LogP contribution in [-0.4, -0.2) is 26.3 Å². The van der Waals surface area contributed by atoms with Gasteiger partial charge >= 0.3 is 0 Å². The molecule has 2 aromatic carbocycles. The van der Waals surface area contributed by atoms with Crippen LogP contribution in [0.2, 0.25) is 5.02 Å². The zero-order valence-electron chi connectivity index (χ0n) is 12.8. The normalized spacial score (nSPS) is 10.6. The fourth-order valence-corrected chi connectivity index (χ4v) is 2.34. The second-order valence-electron chi connectivity index (χ2n) is 5.15. The monoisotopic (exact) mass is 361 g/mol. The van der Waals surface area contributed by atoms with Crippen molar-refractivity contribution < 1.29 is 14.4 Å². The Balaban J connectivity index is 1.59. The van der Waals surface area contributed by atoms with Gasteiger partial charge in [0.1, 0.15) is 5.82 Å². The van der Waals surface area contributed by atoms with Crippen molar-refractivity contribution in [2.75, 3.05) is 0 Å². The van der Waals surface area contributed by atoms with Crippen LogP contribution in [0.1, 0.15) is 16.1 Å². The number of nitrogens with one attached hydrogen (secondary N) is 2. The van der Waals surface area contributed by atoms with Crippen molar-refractivity contribution in [3.63, 3.8) is 0 Å². The van der Waals surface area contributed by atoms with Crippen LogP contribution in [0, 0.1) is 5.82 Å². The standard InChI is InChI=1S/C16H13ClFN5O2/c17-12-5-6-14(18)13(7-12)11-3-1-10(2-4-11)8-19-21-16(24)15-9-23(25)22-20-15/h1-7,9,19,25H,8H2,(H,21,24). The Morgan fingerprint density at radius 1 is 1.24 bits per heavy atom. The van der Waals surface area contributed by atoms with Gasteiger partial charge in [0.25, 0.3) is 5.91 Å². The Labute approximate surface area is 147 Å². The van der Waals surface area contributed by atoms with E-state index in [2.05, 4.69) is 21.2 Å². The van der Waals surface area contributed by atoms with Gasteiger partial charge in [-0.05, 0) is 34.5 Å². The molecule has 128 valence electrons. The molecule has 0 aliphatic carbocycles. The molecule has 0 aliphatic rings. The summed E-state index contributed by atoms with van der Waals surface area (Å²) in [5.74, 6) is -0.877. The highest BCUT2D eigenvalue weighted by Gasteiger charge is 2.10. The minimum atomic E-state index is -0.530. The first kappa shape index (κ1) is 16.9. The van der Waals surface area contributed by atoms with Crippen LogP contribution in [0.15, 0.2) is 48.7 Å². The fourth-order valence-electron chi connectivity index (χ4n) is 2.17. The second kappa shape index (κ2) is 7.29. The van der Waals surface area contributed by atoms with Gasteiger partial charge in [-0.2, -0.15) is 0 Å². The minimum Gasteiger partial charge on any atom is -0.410 e. The van der Waals surface area contributed by atoms with Crippen LogP contribution in [0.4, 0.5) is 4.39 Å². The summed E-state index contributed by atoms with van der Waals surface area (Å²) in [5.41, 5.74) is 7.14. The highest BCUT2D eigenvalue weighted by Crippen LogP contribution is 2.26. The summed E-state index contributed by atoms with van der Waals surface area (Å²) >= 11 is 5.90. The summed E-state index contributed by atoms with van der Waals surface area (Å²) in [6.45, 7) is 0.345. The zero-order chi connectivity index (χ0) is 17.8. The van der Waals surface area contributed by atoms with E-state index in [0.717, 1.165) is 11.8 Å². The van der Waals surface area contributed by atoms with E-state index < -0.39 is 5.91 Å². The third kappa shape index (κ3) is 4.11. The van der Waals surface area contributed by atoms with Crippen LogP contribution in [0.5, 0.6) is 0 Å². The van der Waals surface area contributed by atoms with Gasteiger partial charge in [0.2, 0.25) is 0 Å². The van der Waals surface area contributed by atoms with Crippen LogP contribution >= 0.6 is 11.6 Å². The van der Waals surface area contributed by atoms with E-state index in [1.807, 2.05) is 0 Å². The highest BCUT2D eigenvalue weighted by molar-refractivity contribution is 6.30. The molecule has 7 nitrogen and oxygen atoms in total. The van der Waals surface area contributed by atoms with Gasteiger partial charge in [-0.15, -0.1) is 5.10 Å². The lowest BCUT2D eigenvalue weighted by Crippen LogP contribution is -2.37. The molecule has 0 saturated carbocycles. The number of carbonyl (C=O) groups excluding carboxylic acids is 1. The Kier molecular flexibility index (Phi) is 4.92. The summed E-state index contributed by atoms with van der Waals surface area (Å²) in [4.78, 5) is 12.1. The van der Waals surface area contributed by atoms with Crippen LogP contribution in [-0.2, 0) is 6.54 Å². The Morgan fingerprint density at radius 3 is 2.68 bits per heavy atom. The number of hydrazine groups is 1. The maximum atomic E-state index is 13.9. The number of nitrogens with zero attached hydrogens (tertiary/aromatic N) is 3. The van der Waals surface area contributed by atoms with Crippen LogP contribution in [0.25, 0.3) is 11.1 Å². The van der Waals surface area contributed by atoms with Crippen molar-refractivity contribution in [2.45, 2.75) is 6.54 Å². The number of hydrogen-bond donors (Lipinski definition) is 3.